The van der Waals surface area contributed by atoms with Crippen molar-refractivity contribution in [3.8, 4) is 22.6 Å². The van der Waals surface area contributed by atoms with Crippen LogP contribution in [0.5, 0.6) is 11.5 Å². The van der Waals surface area contributed by atoms with Gasteiger partial charge in [-0.1, -0.05) is 89.2 Å². The standard InChI is InChI=1S/C31H32O5/c1-28(2,3)31-29(4,5)18-34-30(31,35-36-31)23-13-9-12-22-21(23)15-16-24(32)26(22)27-20-11-8-7-10-19(20)14-17-25(27)33-6/h7-17,32H,18H2,1-6H3. The number of rotatable bonds is 3. The first-order valence-corrected chi connectivity index (χ1v) is 12.4. The molecule has 186 valence electrons. The Morgan fingerprint density at radius 1 is 0.806 bits per heavy atom. The molecule has 0 aliphatic carbocycles. The van der Waals surface area contributed by atoms with Crippen LogP contribution in [0.15, 0.2) is 66.7 Å². The van der Waals surface area contributed by atoms with E-state index >= 15 is 0 Å². The Morgan fingerprint density at radius 3 is 2.25 bits per heavy atom. The second-order valence-electron chi connectivity index (χ2n) is 11.6. The summed E-state index contributed by atoms with van der Waals surface area (Å²) < 4.78 is 12.3. The number of methoxy groups -OCH3 is 1. The molecule has 4 aromatic rings. The van der Waals surface area contributed by atoms with E-state index in [0.717, 1.165) is 38.2 Å². The molecule has 0 radical (unpaired) electrons. The average Bonchev–Trinajstić information content (AvgIpc) is 2.98. The van der Waals surface area contributed by atoms with Crippen molar-refractivity contribution in [2.24, 2.45) is 10.8 Å². The number of ether oxygens (including phenoxy) is 2. The molecule has 2 aliphatic heterocycles. The molecule has 2 aliphatic rings. The van der Waals surface area contributed by atoms with Crippen molar-refractivity contribution in [3.63, 3.8) is 0 Å². The molecule has 2 atom stereocenters. The van der Waals surface area contributed by atoms with E-state index in [1.807, 2.05) is 48.5 Å². The van der Waals surface area contributed by atoms with E-state index in [1.165, 1.54) is 0 Å². The Kier molecular flexibility index (Phi) is 4.82. The van der Waals surface area contributed by atoms with Gasteiger partial charge in [-0.15, -0.1) is 0 Å². The molecule has 2 saturated heterocycles. The molecule has 0 amide bonds. The minimum atomic E-state index is -1.06. The lowest BCUT2D eigenvalue weighted by atomic mass is 9.57. The summed E-state index contributed by atoms with van der Waals surface area (Å²) >= 11 is 0. The predicted octanol–water partition coefficient (Wildman–Crippen LogP) is 7.33. The number of phenolic OH excluding ortho intramolecular Hbond substituents is 1. The molecule has 5 nitrogen and oxygen atoms in total. The van der Waals surface area contributed by atoms with Crippen LogP contribution in [0.25, 0.3) is 32.7 Å². The van der Waals surface area contributed by atoms with Crippen LogP contribution < -0.4 is 4.74 Å². The Hall–Kier alpha value is -3.12. The molecular formula is C31H32O5. The first-order valence-electron chi connectivity index (χ1n) is 12.4. The van der Waals surface area contributed by atoms with Crippen molar-refractivity contribution in [2.45, 2.75) is 46.0 Å². The summed E-state index contributed by atoms with van der Waals surface area (Å²) in [4.78, 5) is 12.1. The van der Waals surface area contributed by atoms with Gasteiger partial charge >= 0.3 is 0 Å². The van der Waals surface area contributed by atoms with E-state index in [2.05, 4.69) is 46.8 Å². The van der Waals surface area contributed by atoms with Gasteiger partial charge in [0.1, 0.15) is 11.5 Å². The summed E-state index contributed by atoms with van der Waals surface area (Å²) in [5, 5.41) is 15.2. The van der Waals surface area contributed by atoms with Crippen LogP contribution in [-0.4, -0.2) is 24.4 Å². The van der Waals surface area contributed by atoms with E-state index in [4.69, 9.17) is 19.2 Å². The first-order chi connectivity index (χ1) is 17.1. The summed E-state index contributed by atoms with van der Waals surface area (Å²) in [6.07, 6.45) is 0. The van der Waals surface area contributed by atoms with Crippen molar-refractivity contribution >= 4 is 21.5 Å². The minimum Gasteiger partial charge on any atom is -0.507 e. The van der Waals surface area contributed by atoms with Crippen LogP contribution >= 0.6 is 0 Å². The van der Waals surface area contributed by atoms with Crippen molar-refractivity contribution in [3.05, 3.63) is 72.3 Å². The van der Waals surface area contributed by atoms with Gasteiger partial charge in [-0.25, -0.2) is 4.89 Å². The maximum absolute atomic E-state index is 11.2. The molecule has 5 heteroatoms. The summed E-state index contributed by atoms with van der Waals surface area (Å²) in [7, 11) is 1.66. The van der Waals surface area contributed by atoms with Crippen LogP contribution in [0, 0.1) is 10.8 Å². The van der Waals surface area contributed by atoms with Gasteiger partial charge in [0, 0.05) is 27.5 Å². The summed E-state index contributed by atoms with van der Waals surface area (Å²) in [6.45, 7) is 11.4. The Morgan fingerprint density at radius 2 is 1.56 bits per heavy atom. The lowest BCUT2D eigenvalue weighted by Gasteiger charge is -2.61. The molecule has 2 unspecified atom stereocenters. The lowest BCUT2D eigenvalue weighted by molar-refractivity contribution is -0.626. The van der Waals surface area contributed by atoms with E-state index in [9.17, 15) is 5.11 Å². The van der Waals surface area contributed by atoms with Gasteiger partial charge in [-0.3, -0.25) is 0 Å². The average molecular weight is 485 g/mol. The quantitative estimate of drug-likeness (QED) is 0.309. The number of fused-ring (bicyclic) bond motifs is 3. The van der Waals surface area contributed by atoms with Gasteiger partial charge in [0.05, 0.1) is 13.7 Å². The smallest absolute Gasteiger partial charge is 0.262 e. The Labute approximate surface area is 211 Å². The predicted molar refractivity (Wildman–Crippen MR) is 141 cm³/mol. The normalized spacial score (nSPS) is 25.1. The number of phenols is 1. The van der Waals surface area contributed by atoms with Crippen LogP contribution in [0.2, 0.25) is 0 Å². The van der Waals surface area contributed by atoms with E-state index < -0.39 is 11.4 Å². The summed E-state index contributed by atoms with van der Waals surface area (Å²) in [5.74, 6) is -0.177. The van der Waals surface area contributed by atoms with E-state index in [0.29, 0.717) is 12.4 Å². The number of hydrogen-bond acceptors (Lipinski definition) is 5. The molecule has 2 heterocycles. The van der Waals surface area contributed by atoms with Gasteiger partial charge < -0.3 is 14.6 Å². The first kappa shape index (κ1) is 23.3. The zero-order valence-corrected chi connectivity index (χ0v) is 21.6. The monoisotopic (exact) mass is 484 g/mol. The SMILES string of the molecule is COc1ccc2ccccc2c1-c1c(O)ccc2c(C34OCC(C)(C)C3(C(C)(C)C)OO4)cccc12. The fourth-order valence-electron chi connectivity index (χ4n) is 6.79. The number of benzene rings is 4. The molecule has 2 fully saturated rings. The van der Waals surface area contributed by atoms with Crippen molar-refractivity contribution < 1.29 is 24.4 Å². The zero-order valence-electron chi connectivity index (χ0n) is 21.6. The fourth-order valence-corrected chi connectivity index (χ4v) is 6.79. The van der Waals surface area contributed by atoms with Crippen LogP contribution in [-0.2, 0) is 20.3 Å². The highest BCUT2D eigenvalue weighted by atomic mass is 17.3. The highest BCUT2D eigenvalue weighted by Gasteiger charge is 2.81. The van der Waals surface area contributed by atoms with Crippen molar-refractivity contribution in [2.75, 3.05) is 13.7 Å². The highest BCUT2D eigenvalue weighted by molar-refractivity contribution is 6.10. The van der Waals surface area contributed by atoms with E-state index in [1.54, 1.807) is 13.2 Å². The van der Waals surface area contributed by atoms with Gasteiger partial charge in [-0.05, 0) is 33.7 Å². The summed E-state index contributed by atoms with van der Waals surface area (Å²) in [6, 6.07) is 21.9. The largest absolute Gasteiger partial charge is 0.507 e. The maximum atomic E-state index is 11.2. The third-order valence-corrected chi connectivity index (χ3v) is 8.15. The third-order valence-electron chi connectivity index (χ3n) is 8.15. The summed E-state index contributed by atoms with van der Waals surface area (Å²) in [5.41, 5.74) is 1.21. The topological polar surface area (TPSA) is 57.2 Å². The van der Waals surface area contributed by atoms with Gasteiger partial charge in [-0.2, -0.15) is 4.89 Å². The Balaban J connectivity index is 1.68. The van der Waals surface area contributed by atoms with Crippen LogP contribution in [0.1, 0.15) is 40.2 Å². The second-order valence-corrected chi connectivity index (χ2v) is 11.6. The Bertz CT molecular complexity index is 1520. The molecule has 6 rings (SSSR count). The molecule has 36 heavy (non-hydrogen) atoms. The molecular weight excluding hydrogens is 452 g/mol. The van der Waals surface area contributed by atoms with Crippen molar-refractivity contribution in [1.29, 1.82) is 0 Å². The van der Waals surface area contributed by atoms with Gasteiger partial charge in [0.25, 0.3) is 5.79 Å². The molecule has 0 bridgehead atoms. The van der Waals surface area contributed by atoms with E-state index in [-0.39, 0.29) is 16.6 Å². The number of hydrogen-bond donors (Lipinski definition) is 1. The minimum absolute atomic E-state index is 0.187. The van der Waals surface area contributed by atoms with Gasteiger partial charge in [0.2, 0.25) is 0 Å². The zero-order chi connectivity index (χ0) is 25.5. The fraction of sp³-hybridized carbons (Fsp3) is 0.355. The lowest BCUT2D eigenvalue weighted by Crippen LogP contribution is -2.73. The molecule has 0 spiro atoms. The molecule has 0 aromatic heterocycles. The maximum Gasteiger partial charge on any atom is 0.262 e. The van der Waals surface area contributed by atoms with Gasteiger partial charge in [0.15, 0.2) is 5.60 Å². The highest BCUT2D eigenvalue weighted by Crippen LogP contribution is 2.69. The molecule has 0 saturated carbocycles. The van der Waals surface area contributed by atoms with Crippen molar-refractivity contribution in [1.82, 2.24) is 0 Å². The number of aromatic hydroxyl groups is 1. The third kappa shape index (κ3) is 2.71. The van der Waals surface area contributed by atoms with Crippen LogP contribution in [0.3, 0.4) is 0 Å². The molecule has 1 N–H and O–H groups in total. The second kappa shape index (κ2) is 7.45. The van der Waals surface area contributed by atoms with Crippen LogP contribution in [0.4, 0.5) is 0 Å². The molecule has 4 aromatic carbocycles.